The molecule has 134 valence electrons. The fourth-order valence-electron chi connectivity index (χ4n) is 3.77. The van der Waals surface area contributed by atoms with E-state index in [-0.39, 0.29) is 6.10 Å². The number of aliphatic hydroxyl groups is 1. The van der Waals surface area contributed by atoms with Crippen LogP contribution in [-0.2, 0) is 6.42 Å². The molecule has 0 radical (unpaired) electrons. The first-order valence-electron chi connectivity index (χ1n) is 9.26. The number of pyridine rings is 1. The van der Waals surface area contributed by atoms with Gasteiger partial charge in [0.2, 0.25) is 0 Å². The summed E-state index contributed by atoms with van der Waals surface area (Å²) in [5.74, 6) is 1.24. The monoisotopic (exact) mass is 348 g/mol. The van der Waals surface area contributed by atoms with Crippen molar-refractivity contribution in [2.45, 2.75) is 32.3 Å². The smallest absolute Gasteiger partial charge is 0.158 e. The molecular weight excluding hydrogens is 324 g/mol. The topological polar surface area (TPSA) is 62.1 Å². The van der Waals surface area contributed by atoms with Crippen molar-refractivity contribution in [3.63, 3.8) is 0 Å². The highest BCUT2D eigenvalue weighted by Gasteiger charge is 2.27. The third-order valence-corrected chi connectivity index (χ3v) is 5.27. The van der Waals surface area contributed by atoms with Gasteiger partial charge in [-0.15, -0.1) is 0 Å². The Morgan fingerprint density at radius 1 is 1.08 bits per heavy atom. The Labute approximate surface area is 153 Å². The van der Waals surface area contributed by atoms with Crippen molar-refractivity contribution < 1.29 is 5.11 Å². The lowest BCUT2D eigenvalue weighted by atomic mass is 9.88. The Hall–Kier alpha value is -2.53. The van der Waals surface area contributed by atoms with Crippen molar-refractivity contribution >= 4 is 16.9 Å². The van der Waals surface area contributed by atoms with Gasteiger partial charge in [-0.1, -0.05) is 30.3 Å². The molecular formula is C21H24N4O. The molecule has 1 N–H and O–H groups in total. The van der Waals surface area contributed by atoms with Gasteiger partial charge in [0.15, 0.2) is 5.82 Å². The molecule has 0 amide bonds. The zero-order valence-electron chi connectivity index (χ0n) is 15.0. The van der Waals surface area contributed by atoms with Crippen LogP contribution in [0.2, 0.25) is 0 Å². The average Bonchev–Trinajstić information content (AvgIpc) is 2.68. The zero-order valence-corrected chi connectivity index (χ0v) is 15.0. The van der Waals surface area contributed by atoms with Crippen molar-refractivity contribution in [3.05, 3.63) is 60.0 Å². The van der Waals surface area contributed by atoms with Gasteiger partial charge < -0.3 is 10.0 Å². The second kappa shape index (κ2) is 7.38. The lowest BCUT2D eigenvalue weighted by Crippen LogP contribution is -2.39. The second-order valence-electron chi connectivity index (χ2n) is 7.10. The summed E-state index contributed by atoms with van der Waals surface area (Å²) in [6, 6.07) is 14.2. The molecule has 1 aliphatic rings. The van der Waals surface area contributed by atoms with E-state index in [1.807, 2.05) is 37.3 Å². The second-order valence-corrected chi connectivity index (χ2v) is 7.10. The van der Waals surface area contributed by atoms with Crippen LogP contribution in [0.1, 0.15) is 24.1 Å². The maximum atomic E-state index is 10.6. The Balaban J connectivity index is 1.45. The molecule has 1 aliphatic heterocycles. The normalized spacial score (nSPS) is 16.8. The van der Waals surface area contributed by atoms with E-state index in [2.05, 4.69) is 32.0 Å². The van der Waals surface area contributed by atoms with Crippen LogP contribution < -0.4 is 4.90 Å². The first kappa shape index (κ1) is 16.9. The molecule has 1 unspecified atom stereocenters. The summed E-state index contributed by atoms with van der Waals surface area (Å²) in [6.45, 7) is 3.76. The van der Waals surface area contributed by atoms with E-state index in [0.29, 0.717) is 5.92 Å². The van der Waals surface area contributed by atoms with Crippen LogP contribution in [0.5, 0.6) is 0 Å². The van der Waals surface area contributed by atoms with E-state index < -0.39 is 0 Å². The van der Waals surface area contributed by atoms with E-state index >= 15 is 0 Å². The average molecular weight is 348 g/mol. The standard InChI is InChI=1S/C21H24N4O/c1-15-7-8-18-20(24-15)21(23-14-22-18)25-11-9-17(10-12-25)19(26)13-16-5-3-2-4-6-16/h2-8,14,17,19,26H,9-13H2,1H3. The van der Waals surface area contributed by atoms with Gasteiger partial charge in [0.1, 0.15) is 11.8 Å². The number of aliphatic hydroxyl groups excluding tert-OH is 1. The molecule has 3 heterocycles. The molecule has 3 aromatic rings. The Morgan fingerprint density at radius 3 is 2.62 bits per heavy atom. The number of piperidine rings is 1. The molecule has 0 saturated carbocycles. The van der Waals surface area contributed by atoms with Crippen LogP contribution >= 0.6 is 0 Å². The summed E-state index contributed by atoms with van der Waals surface area (Å²) >= 11 is 0. The minimum atomic E-state index is -0.290. The van der Waals surface area contributed by atoms with Crippen LogP contribution in [0.3, 0.4) is 0 Å². The van der Waals surface area contributed by atoms with Crippen molar-refractivity contribution in [1.29, 1.82) is 0 Å². The summed E-state index contributed by atoms with van der Waals surface area (Å²) in [6.07, 6.45) is 3.98. The fourth-order valence-corrected chi connectivity index (χ4v) is 3.77. The maximum Gasteiger partial charge on any atom is 0.158 e. The molecule has 1 atom stereocenters. The van der Waals surface area contributed by atoms with Crippen molar-refractivity contribution in [1.82, 2.24) is 15.0 Å². The summed E-state index contributed by atoms with van der Waals surface area (Å²) in [5.41, 5.74) is 3.92. The van der Waals surface area contributed by atoms with Crippen molar-refractivity contribution in [2.75, 3.05) is 18.0 Å². The highest BCUT2D eigenvalue weighted by molar-refractivity contribution is 5.85. The van der Waals surface area contributed by atoms with E-state index in [0.717, 1.165) is 54.9 Å². The van der Waals surface area contributed by atoms with Crippen LogP contribution in [0.15, 0.2) is 48.8 Å². The predicted molar refractivity (Wildman–Crippen MR) is 103 cm³/mol. The van der Waals surface area contributed by atoms with Gasteiger partial charge in [-0.3, -0.25) is 0 Å². The van der Waals surface area contributed by atoms with Gasteiger partial charge >= 0.3 is 0 Å². The molecule has 5 nitrogen and oxygen atoms in total. The van der Waals surface area contributed by atoms with Crippen LogP contribution in [0.4, 0.5) is 5.82 Å². The Kier molecular flexibility index (Phi) is 4.80. The van der Waals surface area contributed by atoms with Gasteiger partial charge in [0.05, 0.1) is 11.6 Å². The fraction of sp³-hybridized carbons (Fsp3) is 0.381. The molecule has 5 heteroatoms. The number of aryl methyl sites for hydroxylation is 1. The number of rotatable bonds is 4. The maximum absolute atomic E-state index is 10.6. The first-order chi connectivity index (χ1) is 12.7. The largest absolute Gasteiger partial charge is 0.392 e. The number of nitrogens with zero attached hydrogens (tertiary/aromatic N) is 4. The zero-order chi connectivity index (χ0) is 17.9. The van der Waals surface area contributed by atoms with E-state index in [1.54, 1.807) is 6.33 Å². The lowest BCUT2D eigenvalue weighted by Gasteiger charge is -2.35. The third kappa shape index (κ3) is 3.53. The SMILES string of the molecule is Cc1ccc2ncnc(N3CCC(C(O)Cc4ccccc4)CC3)c2n1. The van der Waals surface area contributed by atoms with Crippen LogP contribution in [0.25, 0.3) is 11.0 Å². The van der Waals surface area contributed by atoms with Gasteiger partial charge in [-0.05, 0) is 49.8 Å². The molecule has 1 saturated heterocycles. The minimum absolute atomic E-state index is 0.290. The van der Waals surface area contributed by atoms with Crippen molar-refractivity contribution in [3.8, 4) is 0 Å². The summed E-state index contributed by atoms with van der Waals surface area (Å²) in [7, 11) is 0. The van der Waals surface area contributed by atoms with Gasteiger partial charge in [-0.25, -0.2) is 15.0 Å². The summed E-state index contributed by atoms with van der Waals surface area (Å²) in [5, 5.41) is 10.6. The number of hydrogen-bond acceptors (Lipinski definition) is 5. The number of fused-ring (bicyclic) bond motifs is 1. The minimum Gasteiger partial charge on any atom is -0.392 e. The quantitative estimate of drug-likeness (QED) is 0.785. The molecule has 1 aromatic carbocycles. The number of hydrogen-bond donors (Lipinski definition) is 1. The molecule has 0 aliphatic carbocycles. The Morgan fingerprint density at radius 2 is 1.85 bits per heavy atom. The first-order valence-corrected chi connectivity index (χ1v) is 9.26. The molecule has 0 spiro atoms. The van der Waals surface area contributed by atoms with Crippen LogP contribution in [0, 0.1) is 12.8 Å². The molecule has 4 rings (SSSR count). The molecule has 0 bridgehead atoms. The van der Waals surface area contributed by atoms with Gasteiger partial charge in [-0.2, -0.15) is 0 Å². The molecule has 2 aromatic heterocycles. The van der Waals surface area contributed by atoms with E-state index in [1.165, 1.54) is 5.56 Å². The van der Waals surface area contributed by atoms with E-state index in [4.69, 9.17) is 0 Å². The van der Waals surface area contributed by atoms with Gasteiger partial charge in [0, 0.05) is 18.8 Å². The number of benzene rings is 1. The highest BCUT2D eigenvalue weighted by atomic mass is 16.3. The number of aromatic nitrogens is 3. The van der Waals surface area contributed by atoms with E-state index in [9.17, 15) is 5.11 Å². The van der Waals surface area contributed by atoms with Gasteiger partial charge in [0.25, 0.3) is 0 Å². The lowest BCUT2D eigenvalue weighted by molar-refractivity contribution is 0.0929. The summed E-state index contributed by atoms with van der Waals surface area (Å²) in [4.78, 5) is 15.8. The highest BCUT2D eigenvalue weighted by Crippen LogP contribution is 2.28. The Bertz CT molecular complexity index is 876. The van der Waals surface area contributed by atoms with Crippen LogP contribution in [-0.4, -0.2) is 39.3 Å². The molecule has 26 heavy (non-hydrogen) atoms. The predicted octanol–water partition coefficient (Wildman–Crippen LogP) is 3.15. The van der Waals surface area contributed by atoms with Crippen molar-refractivity contribution in [2.24, 2.45) is 5.92 Å². The number of anilines is 1. The molecule has 1 fully saturated rings. The third-order valence-electron chi connectivity index (χ3n) is 5.27. The summed E-state index contributed by atoms with van der Waals surface area (Å²) < 4.78 is 0.